The number of ether oxygens (including phenoxy) is 5. The van der Waals surface area contributed by atoms with Crippen LogP contribution in [0.1, 0.15) is 55.9 Å². The third-order valence-electron chi connectivity index (χ3n) is 8.97. The maximum absolute atomic E-state index is 12.3. The Kier molecular flexibility index (Phi) is 15.1. The van der Waals surface area contributed by atoms with Gasteiger partial charge in [-0.3, -0.25) is 10.6 Å². The molecular weight excluding hydrogens is 725 g/mol. The van der Waals surface area contributed by atoms with Gasteiger partial charge in [-0.2, -0.15) is 0 Å². The van der Waals surface area contributed by atoms with Gasteiger partial charge in [0.05, 0.1) is 25.6 Å². The third-order valence-corrected chi connectivity index (χ3v) is 8.97. The first-order chi connectivity index (χ1) is 27.5. The van der Waals surface area contributed by atoms with Crippen LogP contribution < -0.4 is 25.4 Å². The molecule has 57 heavy (non-hydrogen) atoms. The summed E-state index contributed by atoms with van der Waals surface area (Å²) in [6, 6.07) is 30.4. The van der Waals surface area contributed by atoms with Crippen LogP contribution in [0.2, 0.25) is 0 Å². The minimum atomic E-state index is -0.551. The summed E-state index contributed by atoms with van der Waals surface area (Å²) in [6.07, 6.45) is 4.52. The predicted octanol–water partition coefficient (Wildman–Crippen LogP) is 9.29. The lowest BCUT2D eigenvalue weighted by Crippen LogP contribution is -2.39. The molecule has 0 unspecified atom stereocenters. The molecule has 4 aromatic carbocycles. The smallest absolute Gasteiger partial charge is 0.412 e. The fraction of sp³-hybridized carbons (Fsp3) is 0.311. The first-order valence-corrected chi connectivity index (χ1v) is 18.9. The van der Waals surface area contributed by atoms with Crippen molar-refractivity contribution < 1.29 is 38.1 Å². The van der Waals surface area contributed by atoms with Gasteiger partial charge in [-0.1, -0.05) is 84.9 Å². The van der Waals surface area contributed by atoms with Gasteiger partial charge in [0.2, 0.25) is 0 Å². The van der Waals surface area contributed by atoms with Crippen molar-refractivity contribution in [3.8, 4) is 11.5 Å². The Morgan fingerprint density at radius 3 is 1.61 bits per heavy atom. The molecular formula is C45H52N4O8. The fourth-order valence-electron chi connectivity index (χ4n) is 6.04. The second kappa shape index (κ2) is 20.6. The van der Waals surface area contributed by atoms with Crippen molar-refractivity contribution in [1.29, 1.82) is 0 Å². The standard InChI is InChI=1S/C25H30N2O5.C20H22N2O3/c1-25(2,3)32-24(29)27-14-12-19(13-15-27)20-10-11-21(22(16-20)30-4)26-23(28)31-17-18-8-6-5-7-9-18;1-24-19-13-17(16-9-11-21-12-10-16)7-8-18(19)22-20(23)25-14-15-5-3-2-4-6-15/h5-12,16H,13-15,17H2,1-4H3,(H,26,28);2-9,13,21H,10-12,14H2,1H3,(H,22,23). The second-order valence-corrected chi connectivity index (χ2v) is 14.3. The van der Waals surface area contributed by atoms with Gasteiger partial charge in [0, 0.05) is 19.6 Å². The number of nitrogens with zero attached hydrogens (tertiary/aromatic N) is 1. The molecule has 3 N–H and O–H groups in total. The molecule has 0 saturated carbocycles. The number of benzene rings is 4. The van der Waals surface area contributed by atoms with Crippen LogP contribution in [0.3, 0.4) is 0 Å². The lowest BCUT2D eigenvalue weighted by molar-refractivity contribution is 0.0270. The van der Waals surface area contributed by atoms with Crippen molar-refractivity contribution in [2.75, 3.05) is 51.0 Å². The number of carbonyl (C=O) groups excluding carboxylic acids is 3. The Balaban J connectivity index is 0.000000224. The number of amides is 3. The summed E-state index contributed by atoms with van der Waals surface area (Å²) < 4.78 is 26.9. The predicted molar refractivity (Wildman–Crippen MR) is 222 cm³/mol. The van der Waals surface area contributed by atoms with Gasteiger partial charge in [-0.05, 0) is 97.8 Å². The zero-order valence-electron chi connectivity index (χ0n) is 33.3. The van der Waals surface area contributed by atoms with Crippen molar-refractivity contribution in [1.82, 2.24) is 10.2 Å². The molecule has 2 heterocycles. The highest BCUT2D eigenvalue weighted by Gasteiger charge is 2.24. The van der Waals surface area contributed by atoms with E-state index in [9.17, 15) is 14.4 Å². The van der Waals surface area contributed by atoms with Crippen molar-refractivity contribution in [2.45, 2.75) is 52.4 Å². The summed E-state index contributed by atoms with van der Waals surface area (Å²) in [4.78, 5) is 38.2. The van der Waals surface area contributed by atoms with Crippen molar-refractivity contribution in [3.63, 3.8) is 0 Å². The van der Waals surface area contributed by atoms with Crippen molar-refractivity contribution in [3.05, 3.63) is 131 Å². The number of carbonyl (C=O) groups is 3. The highest BCUT2D eigenvalue weighted by Crippen LogP contribution is 2.32. The fourth-order valence-corrected chi connectivity index (χ4v) is 6.04. The maximum atomic E-state index is 12.3. The number of hydrogen-bond acceptors (Lipinski definition) is 9. The first kappa shape index (κ1) is 41.9. The average Bonchev–Trinajstić information content (AvgIpc) is 3.23. The van der Waals surface area contributed by atoms with Gasteiger partial charge in [-0.15, -0.1) is 0 Å². The van der Waals surface area contributed by atoms with Gasteiger partial charge < -0.3 is 33.9 Å². The van der Waals surface area contributed by atoms with Crippen LogP contribution in [-0.4, -0.2) is 69.2 Å². The van der Waals surface area contributed by atoms with E-state index in [1.807, 2.05) is 118 Å². The zero-order valence-corrected chi connectivity index (χ0v) is 33.3. The van der Waals surface area contributed by atoms with Gasteiger partial charge >= 0.3 is 18.3 Å². The van der Waals surface area contributed by atoms with Crippen molar-refractivity contribution >= 4 is 40.8 Å². The molecule has 2 aliphatic rings. The second-order valence-electron chi connectivity index (χ2n) is 14.3. The van der Waals surface area contributed by atoms with Crippen LogP contribution in [0.4, 0.5) is 25.8 Å². The van der Waals surface area contributed by atoms with E-state index in [0.717, 1.165) is 47.3 Å². The molecule has 3 amide bonds. The number of nitrogens with one attached hydrogen (secondary N) is 3. The largest absolute Gasteiger partial charge is 0.495 e. The van der Waals surface area contributed by atoms with Crippen LogP contribution in [0.15, 0.2) is 109 Å². The Morgan fingerprint density at radius 1 is 0.684 bits per heavy atom. The van der Waals surface area contributed by atoms with E-state index in [1.54, 1.807) is 25.2 Å². The molecule has 300 valence electrons. The Morgan fingerprint density at radius 2 is 1.19 bits per heavy atom. The number of anilines is 2. The van der Waals surface area contributed by atoms with Crippen LogP contribution in [0, 0.1) is 0 Å². The van der Waals surface area contributed by atoms with Gasteiger partial charge in [0.15, 0.2) is 0 Å². The van der Waals surface area contributed by atoms with E-state index < -0.39 is 17.8 Å². The van der Waals surface area contributed by atoms with E-state index in [2.05, 4.69) is 22.0 Å². The van der Waals surface area contributed by atoms with E-state index in [0.29, 0.717) is 42.4 Å². The number of rotatable bonds is 10. The summed E-state index contributed by atoms with van der Waals surface area (Å²) in [5, 5.41) is 8.77. The van der Waals surface area contributed by atoms with E-state index in [-0.39, 0.29) is 19.3 Å². The Labute approximate surface area is 334 Å². The maximum Gasteiger partial charge on any atom is 0.412 e. The summed E-state index contributed by atoms with van der Waals surface area (Å²) in [5.74, 6) is 1.16. The topological polar surface area (TPSA) is 137 Å². The molecule has 0 atom stereocenters. The SMILES string of the molecule is COc1cc(C2=CCN(C(=O)OC(C)(C)C)CC2)ccc1NC(=O)OCc1ccccc1.COc1cc(C2=CCNCC2)ccc1NC(=O)OCc1ccccc1. The molecule has 12 nitrogen and oxygen atoms in total. The number of hydrogen-bond donors (Lipinski definition) is 3. The minimum absolute atomic E-state index is 0.189. The quantitative estimate of drug-likeness (QED) is 0.135. The van der Waals surface area contributed by atoms with Gasteiger partial charge in [-0.25, -0.2) is 14.4 Å². The molecule has 6 rings (SSSR count). The highest BCUT2D eigenvalue weighted by molar-refractivity contribution is 5.88. The molecule has 0 fully saturated rings. The van der Waals surface area contributed by atoms with E-state index >= 15 is 0 Å². The van der Waals surface area contributed by atoms with Crippen LogP contribution in [0.25, 0.3) is 11.1 Å². The molecule has 2 aliphatic heterocycles. The van der Waals surface area contributed by atoms with Gasteiger partial charge in [0.25, 0.3) is 0 Å². The van der Waals surface area contributed by atoms with Crippen LogP contribution in [0.5, 0.6) is 11.5 Å². The van der Waals surface area contributed by atoms with Crippen LogP contribution >= 0.6 is 0 Å². The molecule has 0 saturated heterocycles. The first-order valence-electron chi connectivity index (χ1n) is 18.9. The van der Waals surface area contributed by atoms with Crippen molar-refractivity contribution in [2.24, 2.45) is 0 Å². The summed E-state index contributed by atoms with van der Waals surface area (Å²) in [7, 11) is 3.15. The summed E-state index contributed by atoms with van der Waals surface area (Å²) in [5.41, 5.74) is 6.96. The van der Waals surface area contributed by atoms with Gasteiger partial charge in [0.1, 0.15) is 30.3 Å². The number of methoxy groups -OCH3 is 2. The molecule has 4 aromatic rings. The molecule has 0 radical (unpaired) electrons. The lowest BCUT2D eigenvalue weighted by Gasteiger charge is -2.29. The van der Waals surface area contributed by atoms with Crippen LogP contribution in [-0.2, 0) is 27.4 Å². The molecule has 12 heteroatoms. The summed E-state index contributed by atoms with van der Waals surface area (Å²) in [6.45, 7) is 8.90. The molecule has 0 aromatic heterocycles. The Hall–Kier alpha value is -6.27. The normalized spacial score (nSPS) is 13.7. The highest BCUT2D eigenvalue weighted by atomic mass is 16.6. The van der Waals surface area contributed by atoms with E-state index in [1.165, 1.54) is 5.57 Å². The Bertz CT molecular complexity index is 2030. The summed E-state index contributed by atoms with van der Waals surface area (Å²) >= 11 is 0. The van der Waals surface area contributed by atoms with E-state index in [4.69, 9.17) is 23.7 Å². The molecule has 0 aliphatic carbocycles. The lowest BCUT2D eigenvalue weighted by atomic mass is 9.99. The minimum Gasteiger partial charge on any atom is -0.495 e. The monoisotopic (exact) mass is 776 g/mol. The zero-order chi connectivity index (χ0) is 40.6. The third kappa shape index (κ3) is 13.2. The average molecular weight is 777 g/mol. The molecule has 0 spiro atoms. The molecule has 0 bridgehead atoms.